The fourth-order valence-electron chi connectivity index (χ4n) is 2.85. The first-order chi connectivity index (χ1) is 12.7. The molecule has 1 amide bonds. The van der Waals surface area contributed by atoms with Crippen molar-refractivity contribution in [3.63, 3.8) is 0 Å². The smallest absolute Gasteiger partial charge is 0.233 e. The third-order valence-electron chi connectivity index (χ3n) is 4.13. The molecule has 0 saturated carbocycles. The van der Waals surface area contributed by atoms with Gasteiger partial charge in [0.25, 0.3) is 0 Å². The van der Waals surface area contributed by atoms with Gasteiger partial charge in [-0.3, -0.25) is 4.79 Å². The molecule has 134 valence electrons. The van der Waals surface area contributed by atoms with E-state index in [4.69, 9.17) is 4.74 Å². The number of nitrogens with zero attached hydrogens (tertiary/aromatic N) is 4. The van der Waals surface area contributed by atoms with Crippen molar-refractivity contribution in [2.24, 2.45) is 0 Å². The lowest BCUT2D eigenvalue weighted by molar-refractivity contribution is -0.127. The van der Waals surface area contributed by atoms with Gasteiger partial charge >= 0.3 is 0 Å². The molecule has 3 aromatic rings. The first kappa shape index (κ1) is 17.2. The molecule has 8 heteroatoms. The summed E-state index contributed by atoms with van der Waals surface area (Å²) in [5.41, 5.74) is 0.988. The summed E-state index contributed by atoms with van der Waals surface area (Å²) in [4.78, 5) is 27.2. The molecule has 0 bridgehead atoms. The molecular formula is C18H18N4O2S2. The van der Waals surface area contributed by atoms with Crippen molar-refractivity contribution in [2.45, 2.75) is 23.8 Å². The maximum Gasteiger partial charge on any atom is 0.233 e. The number of benzene rings is 1. The van der Waals surface area contributed by atoms with E-state index in [-0.39, 0.29) is 12.0 Å². The molecule has 4 rings (SSSR count). The highest BCUT2D eigenvalue weighted by molar-refractivity contribution is 8.01. The van der Waals surface area contributed by atoms with E-state index in [0.29, 0.717) is 30.5 Å². The van der Waals surface area contributed by atoms with E-state index < -0.39 is 0 Å². The van der Waals surface area contributed by atoms with Gasteiger partial charge in [-0.05, 0) is 19.1 Å². The SMILES string of the molecule is Cc1nccc(O[C@H]2CCN(C(=O)CSc3nc4ccccc4s3)C2)n1. The topological polar surface area (TPSA) is 68.2 Å². The number of carbonyl (C=O) groups is 1. The second-order valence-electron chi connectivity index (χ2n) is 6.05. The molecule has 26 heavy (non-hydrogen) atoms. The molecule has 0 spiro atoms. The van der Waals surface area contributed by atoms with Crippen LogP contribution in [0.2, 0.25) is 0 Å². The van der Waals surface area contributed by atoms with Crippen LogP contribution in [0.5, 0.6) is 5.88 Å². The number of likely N-dealkylation sites (tertiary alicyclic amines) is 1. The maximum absolute atomic E-state index is 12.5. The van der Waals surface area contributed by atoms with E-state index in [2.05, 4.69) is 21.0 Å². The second-order valence-corrected chi connectivity index (χ2v) is 8.30. The van der Waals surface area contributed by atoms with Crippen LogP contribution < -0.4 is 4.74 Å². The average molecular weight is 387 g/mol. The van der Waals surface area contributed by atoms with Crippen molar-refractivity contribution in [1.29, 1.82) is 0 Å². The number of para-hydroxylation sites is 1. The number of amides is 1. The van der Waals surface area contributed by atoms with Gasteiger partial charge in [0.15, 0.2) is 4.34 Å². The molecular weight excluding hydrogens is 368 g/mol. The van der Waals surface area contributed by atoms with Crippen LogP contribution in [0.3, 0.4) is 0 Å². The highest BCUT2D eigenvalue weighted by Crippen LogP contribution is 2.29. The van der Waals surface area contributed by atoms with Crippen LogP contribution in [0.4, 0.5) is 0 Å². The summed E-state index contributed by atoms with van der Waals surface area (Å²) in [7, 11) is 0. The number of aryl methyl sites for hydroxylation is 1. The van der Waals surface area contributed by atoms with Crippen molar-refractivity contribution >= 4 is 39.2 Å². The van der Waals surface area contributed by atoms with Crippen LogP contribution in [0.25, 0.3) is 10.2 Å². The van der Waals surface area contributed by atoms with Crippen molar-refractivity contribution in [3.05, 3.63) is 42.4 Å². The number of fused-ring (bicyclic) bond motifs is 1. The van der Waals surface area contributed by atoms with E-state index >= 15 is 0 Å². The summed E-state index contributed by atoms with van der Waals surface area (Å²) in [5.74, 6) is 1.78. The quantitative estimate of drug-likeness (QED) is 0.628. The normalized spacial score (nSPS) is 17.0. The predicted octanol–water partition coefficient (Wildman–Crippen LogP) is 3.17. The predicted molar refractivity (Wildman–Crippen MR) is 103 cm³/mol. The first-order valence-corrected chi connectivity index (χ1v) is 10.2. The van der Waals surface area contributed by atoms with Gasteiger partial charge in [-0.25, -0.2) is 9.97 Å². The first-order valence-electron chi connectivity index (χ1n) is 8.40. The molecule has 2 aromatic heterocycles. The number of rotatable bonds is 5. The number of thiazole rings is 1. The Hall–Kier alpha value is -2.19. The zero-order chi connectivity index (χ0) is 17.9. The Morgan fingerprint density at radius 2 is 2.23 bits per heavy atom. The molecule has 1 aromatic carbocycles. The molecule has 1 aliphatic heterocycles. The van der Waals surface area contributed by atoms with Gasteiger partial charge in [-0.1, -0.05) is 23.9 Å². The summed E-state index contributed by atoms with van der Waals surface area (Å²) in [6.45, 7) is 3.15. The number of thioether (sulfide) groups is 1. The largest absolute Gasteiger partial charge is 0.472 e. The number of aromatic nitrogens is 3. The van der Waals surface area contributed by atoms with E-state index in [1.165, 1.54) is 11.8 Å². The minimum Gasteiger partial charge on any atom is -0.472 e. The minimum atomic E-state index is -0.0132. The molecule has 1 atom stereocenters. The zero-order valence-electron chi connectivity index (χ0n) is 14.3. The third-order valence-corrected chi connectivity index (χ3v) is 6.29. The summed E-state index contributed by atoms with van der Waals surface area (Å²) >= 11 is 3.13. The lowest BCUT2D eigenvalue weighted by Crippen LogP contribution is -2.32. The molecule has 3 heterocycles. The monoisotopic (exact) mass is 386 g/mol. The minimum absolute atomic E-state index is 0.0132. The lowest BCUT2D eigenvalue weighted by atomic mass is 10.3. The van der Waals surface area contributed by atoms with E-state index in [1.807, 2.05) is 30.0 Å². The Morgan fingerprint density at radius 3 is 3.08 bits per heavy atom. The van der Waals surface area contributed by atoms with Crippen molar-refractivity contribution in [1.82, 2.24) is 19.9 Å². The highest BCUT2D eigenvalue weighted by Gasteiger charge is 2.28. The number of ether oxygens (including phenoxy) is 1. The Bertz CT molecular complexity index is 897. The van der Waals surface area contributed by atoms with Crippen molar-refractivity contribution in [2.75, 3.05) is 18.8 Å². The Morgan fingerprint density at radius 1 is 1.35 bits per heavy atom. The molecule has 0 radical (unpaired) electrons. The third kappa shape index (κ3) is 3.96. The molecule has 0 aliphatic carbocycles. The summed E-state index contributed by atoms with van der Waals surface area (Å²) < 4.78 is 7.96. The summed E-state index contributed by atoms with van der Waals surface area (Å²) in [6, 6.07) is 9.78. The van der Waals surface area contributed by atoms with Crippen molar-refractivity contribution < 1.29 is 9.53 Å². The Kier molecular flexibility index (Phi) is 5.03. The fourth-order valence-corrected chi connectivity index (χ4v) is 4.82. The van der Waals surface area contributed by atoms with E-state index in [0.717, 1.165) is 21.0 Å². The number of carbonyl (C=O) groups excluding carboxylic acids is 1. The summed E-state index contributed by atoms with van der Waals surface area (Å²) in [5, 5.41) is 0. The van der Waals surface area contributed by atoms with Crippen molar-refractivity contribution in [3.8, 4) is 5.88 Å². The van der Waals surface area contributed by atoms with Crippen LogP contribution in [0, 0.1) is 6.92 Å². The number of hydrogen-bond acceptors (Lipinski definition) is 7. The number of hydrogen-bond donors (Lipinski definition) is 0. The van der Waals surface area contributed by atoms with E-state index in [1.54, 1.807) is 23.6 Å². The lowest BCUT2D eigenvalue weighted by Gasteiger charge is -2.16. The average Bonchev–Trinajstić information content (AvgIpc) is 3.26. The molecule has 6 nitrogen and oxygen atoms in total. The van der Waals surface area contributed by atoms with E-state index in [9.17, 15) is 4.79 Å². The second kappa shape index (κ2) is 7.59. The van der Waals surface area contributed by atoms with Gasteiger partial charge in [-0.15, -0.1) is 11.3 Å². The molecule has 0 unspecified atom stereocenters. The van der Waals surface area contributed by atoms with Crippen LogP contribution >= 0.6 is 23.1 Å². The van der Waals surface area contributed by atoms with Gasteiger partial charge in [0.2, 0.25) is 11.8 Å². The molecule has 1 saturated heterocycles. The fraction of sp³-hybridized carbons (Fsp3) is 0.333. The standard InChI is InChI=1S/C18H18N4O2S2/c1-12-19-8-6-16(20-12)24-13-7-9-22(10-13)17(23)11-25-18-21-14-4-2-3-5-15(14)26-18/h2-6,8,13H,7,9-11H2,1H3/t13-/m0/s1. The Labute approximate surface area is 159 Å². The molecule has 1 fully saturated rings. The van der Waals surface area contributed by atoms with Crippen LogP contribution in [-0.2, 0) is 4.79 Å². The van der Waals surface area contributed by atoms with Gasteiger partial charge in [-0.2, -0.15) is 4.98 Å². The maximum atomic E-state index is 12.5. The summed E-state index contributed by atoms with van der Waals surface area (Å²) in [6.07, 6.45) is 2.49. The molecule has 1 aliphatic rings. The zero-order valence-corrected chi connectivity index (χ0v) is 15.9. The van der Waals surface area contributed by atoms with Crippen LogP contribution in [0.15, 0.2) is 40.9 Å². The van der Waals surface area contributed by atoms with Gasteiger partial charge < -0.3 is 9.64 Å². The Balaban J connectivity index is 1.30. The van der Waals surface area contributed by atoms with Gasteiger partial charge in [0.05, 0.1) is 22.5 Å². The van der Waals surface area contributed by atoms with Gasteiger partial charge in [0, 0.05) is 25.2 Å². The highest BCUT2D eigenvalue weighted by atomic mass is 32.2. The molecule has 0 N–H and O–H groups in total. The van der Waals surface area contributed by atoms with Crippen LogP contribution in [-0.4, -0.2) is 50.7 Å². The van der Waals surface area contributed by atoms with Gasteiger partial charge in [0.1, 0.15) is 11.9 Å². The van der Waals surface area contributed by atoms with Crippen LogP contribution in [0.1, 0.15) is 12.2 Å².